The molecule has 1 rings (SSSR count). The number of nitrogens with zero attached hydrogens (tertiary/aromatic N) is 1. The summed E-state index contributed by atoms with van der Waals surface area (Å²) in [5.41, 5.74) is 0. The third-order valence-corrected chi connectivity index (χ3v) is 3.25. The Hall–Kier alpha value is -1.06. The van der Waals surface area contributed by atoms with Gasteiger partial charge in [0.15, 0.2) is 0 Å². The van der Waals surface area contributed by atoms with Crippen molar-refractivity contribution >= 4 is 11.9 Å². The molecule has 0 aromatic carbocycles. The van der Waals surface area contributed by atoms with Crippen molar-refractivity contribution in [2.75, 3.05) is 13.6 Å². The smallest absolute Gasteiger partial charge is 0.307 e. The Labute approximate surface area is 90.3 Å². The van der Waals surface area contributed by atoms with Crippen molar-refractivity contribution in [1.82, 2.24) is 4.90 Å². The minimum absolute atomic E-state index is 0.00963. The van der Waals surface area contributed by atoms with E-state index in [1.165, 1.54) is 0 Å². The molecule has 2 unspecified atom stereocenters. The number of rotatable bonds is 3. The average molecular weight is 213 g/mol. The lowest BCUT2D eigenvalue weighted by molar-refractivity contribution is -0.151. The molecule has 15 heavy (non-hydrogen) atoms. The minimum Gasteiger partial charge on any atom is -0.481 e. The van der Waals surface area contributed by atoms with Gasteiger partial charge in [0.1, 0.15) is 0 Å². The first-order valence-corrected chi connectivity index (χ1v) is 5.55. The lowest BCUT2D eigenvalue weighted by Crippen LogP contribution is -2.40. The molecule has 1 aliphatic rings. The quantitative estimate of drug-likeness (QED) is 0.770. The third kappa shape index (κ3) is 2.70. The monoisotopic (exact) mass is 213 g/mol. The lowest BCUT2D eigenvalue weighted by Gasteiger charge is -2.30. The molecule has 1 saturated carbocycles. The van der Waals surface area contributed by atoms with Gasteiger partial charge in [0.2, 0.25) is 5.91 Å². The van der Waals surface area contributed by atoms with Crippen molar-refractivity contribution < 1.29 is 14.7 Å². The van der Waals surface area contributed by atoms with Crippen LogP contribution in [0.3, 0.4) is 0 Å². The summed E-state index contributed by atoms with van der Waals surface area (Å²) >= 11 is 0. The van der Waals surface area contributed by atoms with E-state index in [0.717, 1.165) is 19.3 Å². The van der Waals surface area contributed by atoms with Crippen molar-refractivity contribution in [3.05, 3.63) is 0 Å². The molecule has 0 spiro atoms. The molecule has 1 fully saturated rings. The molecule has 0 aliphatic heterocycles. The Morgan fingerprint density at radius 3 is 2.27 bits per heavy atom. The van der Waals surface area contributed by atoms with E-state index < -0.39 is 11.9 Å². The van der Waals surface area contributed by atoms with Gasteiger partial charge in [-0.3, -0.25) is 9.59 Å². The second kappa shape index (κ2) is 5.14. The lowest BCUT2D eigenvalue weighted by atomic mass is 9.78. The molecule has 1 amide bonds. The molecule has 1 aliphatic carbocycles. The van der Waals surface area contributed by atoms with Crippen LogP contribution in [-0.4, -0.2) is 35.5 Å². The van der Waals surface area contributed by atoms with E-state index in [-0.39, 0.29) is 11.8 Å². The first kappa shape index (κ1) is 12.0. The van der Waals surface area contributed by atoms with E-state index >= 15 is 0 Å². The first-order valence-electron chi connectivity index (χ1n) is 5.55. The molecule has 86 valence electrons. The second-order valence-electron chi connectivity index (χ2n) is 4.19. The van der Waals surface area contributed by atoms with E-state index in [0.29, 0.717) is 13.0 Å². The van der Waals surface area contributed by atoms with Crippen LogP contribution in [0.25, 0.3) is 0 Å². The first-order chi connectivity index (χ1) is 7.07. The van der Waals surface area contributed by atoms with Crippen molar-refractivity contribution in [2.24, 2.45) is 11.8 Å². The fourth-order valence-electron chi connectivity index (χ4n) is 2.16. The van der Waals surface area contributed by atoms with Crippen LogP contribution in [0.1, 0.15) is 32.6 Å². The van der Waals surface area contributed by atoms with Gasteiger partial charge in [-0.15, -0.1) is 0 Å². The number of carboxylic acids is 1. The zero-order valence-corrected chi connectivity index (χ0v) is 9.40. The van der Waals surface area contributed by atoms with Gasteiger partial charge >= 0.3 is 5.97 Å². The van der Waals surface area contributed by atoms with Crippen molar-refractivity contribution in [3.8, 4) is 0 Å². The van der Waals surface area contributed by atoms with E-state index in [1.54, 1.807) is 11.9 Å². The summed E-state index contributed by atoms with van der Waals surface area (Å²) in [7, 11) is 1.73. The minimum atomic E-state index is -0.822. The maximum absolute atomic E-state index is 11.9. The largest absolute Gasteiger partial charge is 0.481 e. The molecule has 0 bridgehead atoms. The van der Waals surface area contributed by atoms with E-state index in [4.69, 9.17) is 5.11 Å². The van der Waals surface area contributed by atoms with Gasteiger partial charge in [-0.05, 0) is 19.8 Å². The molecule has 0 heterocycles. The summed E-state index contributed by atoms with van der Waals surface area (Å²) in [5, 5.41) is 9.04. The fourth-order valence-corrected chi connectivity index (χ4v) is 2.16. The van der Waals surface area contributed by atoms with Crippen LogP contribution in [-0.2, 0) is 9.59 Å². The van der Waals surface area contributed by atoms with Crippen LogP contribution < -0.4 is 0 Å². The summed E-state index contributed by atoms with van der Waals surface area (Å²) in [4.78, 5) is 24.5. The van der Waals surface area contributed by atoms with Crippen LogP contribution in [0.15, 0.2) is 0 Å². The van der Waals surface area contributed by atoms with Gasteiger partial charge in [-0.25, -0.2) is 0 Å². The summed E-state index contributed by atoms with van der Waals surface area (Å²) in [6.45, 7) is 2.54. The van der Waals surface area contributed by atoms with Gasteiger partial charge in [-0.1, -0.05) is 12.8 Å². The van der Waals surface area contributed by atoms with Crippen LogP contribution in [0, 0.1) is 11.8 Å². The van der Waals surface area contributed by atoms with Gasteiger partial charge < -0.3 is 10.0 Å². The third-order valence-electron chi connectivity index (χ3n) is 3.25. The van der Waals surface area contributed by atoms with Gasteiger partial charge in [0, 0.05) is 13.6 Å². The molecule has 2 atom stereocenters. The predicted molar refractivity (Wildman–Crippen MR) is 56.4 cm³/mol. The molecular formula is C11H19NO3. The number of hydrogen-bond donors (Lipinski definition) is 1. The van der Waals surface area contributed by atoms with Gasteiger partial charge in [0.25, 0.3) is 0 Å². The fraction of sp³-hybridized carbons (Fsp3) is 0.818. The van der Waals surface area contributed by atoms with Crippen LogP contribution in [0.2, 0.25) is 0 Å². The van der Waals surface area contributed by atoms with E-state index in [1.807, 2.05) is 6.92 Å². The number of carbonyl (C=O) groups excluding carboxylic acids is 1. The van der Waals surface area contributed by atoms with Crippen molar-refractivity contribution in [1.29, 1.82) is 0 Å². The molecule has 0 radical (unpaired) electrons. The van der Waals surface area contributed by atoms with E-state index in [9.17, 15) is 9.59 Å². The molecule has 0 aromatic rings. The normalized spacial score (nSPS) is 26.0. The maximum Gasteiger partial charge on any atom is 0.307 e. The number of amides is 1. The summed E-state index contributed by atoms with van der Waals surface area (Å²) in [6, 6.07) is 0. The van der Waals surface area contributed by atoms with Crippen molar-refractivity contribution in [2.45, 2.75) is 32.6 Å². The number of carboxylic acid groups (broad SMARTS) is 1. The Bertz CT molecular complexity index is 252. The molecule has 1 N–H and O–H groups in total. The van der Waals surface area contributed by atoms with Crippen LogP contribution in [0.5, 0.6) is 0 Å². The maximum atomic E-state index is 11.9. The Morgan fingerprint density at radius 2 is 1.80 bits per heavy atom. The predicted octanol–water partition coefficient (Wildman–Crippen LogP) is 1.36. The van der Waals surface area contributed by atoms with E-state index in [2.05, 4.69) is 0 Å². The summed E-state index contributed by atoms with van der Waals surface area (Å²) in [6.07, 6.45) is 3.26. The van der Waals surface area contributed by atoms with Crippen molar-refractivity contribution in [3.63, 3.8) is 0 Å². The Morgan fingerprint density at radius 1 is 1.27 bits per heavy atom. The highest BCUT2D eigenvalue weighted by Gasteiger charge is 2.36. The highest BCUT2D eigenvalue weighted by Crippen LogP contribution is 2.31. The summed E-state index contributed by atoms with van der Waals surface area (Å²) < 4.78 is 0. The van der Waals surface area contributed by atoms with Gasteiger partial charge in [-0.2, -0.15) is 0 Å². The molecule has 4 heteroatoms. The second-order valence-corrected chi connectivity index (χ2v) is 4.19. The highest BCUT2D eigenvalue weighted by atomic mass is 16.4. The molecule has 0 saturated heterocycles. The van der Waals surface area contributed by atoms with Crippen LogP contribution >= 0.6 is 0 Å². The number of aliphatic carboxylic acids is 1. The zero-order valence-electron chi connectivity index (χ0n) is 9.40. The number of carbonyl (C=O) groups is 2. The van der Waals surface area contributed by atoms with Gasteiger partial charge in [0.05, 0.1) is 11.8 Å². The standard InChI is InChI=1S/C11H19NO3/c1-3-12(2)10(13)8-6-4-5-7-9(8)11(14)15/h8-9H,3-7H2,1-2H3,(H,14,15). The van der Waals surface area contributed by atoms with Crippen LogP contribution in [0.4, 0.5) is 0 Å². The average Bonchev–Trinajstić information content (AvgIpc) is 2.27. The Kier molecular flexibility index (Phi) is 4.12. The number of hydrogen-bond acceptors (Lipinski definition) is 2. The molecule has 0 aromatic heterocycles. The SMILES string of the molecule is CCN(C)C(=O)C1CCCCC1C(=O)O. The molecule has 4 nitrogen and oxygen atoms in total. The topological polar surface area (TPSA) is 57.6 Å². The Balaban J connectivity index is 2.71. The zero-order chi connectivity index (χ0) is 11.4. The highest BCUT2D eigenvalue weighted by molar-refractivity contribution is 5.84. The summed E-state index contributed by atoms with van der Waals surface area (Å²) in [5.74, 6) is -1.61. The molecular weight excluding hydrogens is 194 g/mol.